The molecular weight excluding hydrogens is 222 g/mol. The van der Waals surface area contributed by atoms with E-state index in [-0.39, 0.29) is 5.60 Å². The molecule has 0 aromatic carbocycles. The summed E-state index contributed by atoms with van der Waals surface area (Å²) in [5, 5.41) is 3.70. The highest BCUT2D eigenvalue weighted by molar-refractivity contribution is 4.92. The van der Waals surface area contributed by atoms with Gasteiger partial charge >= 0.3 is 0 Å². The number of unbranched alkanes of at least 4 members (excludes halogenated alkanes) is 2. The van der Waals surface area contributed by atoms with Gasteiger partial charge in [0.2, 0.25) is 0 Å². The molecule has 2 nitrogen and oxygen atoms in total. The SMILES string of the molecule is CCCCCOC1(CNC2CC2)CCC(C)CC1. The predicted molar refractivity (Wildman–Crippen MR) is 76.9 cm³/mol. The molecule has 0 spiro atoms. The van der Waals surface area contributed by atoms with Gasteiger partial charge in [0.25, 0.3) is 0 Å². The van der Waals surface area contributed by atoms with Crippen LogP contribution in [0.3, 0.4) is 0 Å². The Morgan fingerprint density at radius 1 is 1.11 bits per heavy atom. The smallest absolute Gasteiger partial charge is 0.0806 e. The topological polar surface area (TPSA) is 21.3 Å². The fourth-order valence-corrected chi connectivity index (χ4v) is 2.92. The highest BCUT2D eigenvalue weighted by atomic mass is 16.5. The Bertz CT molecular complexity index is 229. The Morgan fingerprint density at radius 3 is 2.44 bits per heavy atom. The van der Waals surface area contributed by atoms with E-state index in [9.17, 15) is 0 Å². The van der Waals surface area contributed by atoms with E-state index >= 15 is 0 Å². The Kier molecular flexibility index (Phi) is 5.50. The first-order valence-electron chi connectivity index (χ1n) is 8.11. The van der Waals surface area contributed by atoms with Crippen LogP contribution in [0.4, 0.5) is 0 Å². The Hall–Kier alpha value is -0.0800. The minimum atomic E-state index is 0.169. The van der Waals surface area contributed by atoms with E-state index in [0.29, 0.717) is 0 Å². The molecule has 0 aromatic heterocycles. The number of hydrogen-bond acceptors (Lipinski definition) is 2. The maximum absolute atomic E-state index is 6.34. The summed E-state index contributed by atoms with van der Waals surface area (Å²) < 4.78 is 6.34. The van der Waals surface area contributed by atoms with Crippen molar-refractivity contribution in [3.63, 3.8) is 0 Å². The summed E-state index contributed by atoms with van der Waals surface area (Å²) in [6, 6.07) is 0.806. The van der Waals surface area contributed by atoms with Crippen LogP contribution >= 0.6 is 0 Å². The molecule has 0 bridgehead atoms. The molecule has 0 unspecified atom stereocenters. The lowest BCUT2D eigenvalue weighted by molar-refractivity contribution is -0.0764. The average Bonchev–Trinajstić information content (AvgIpc) is 3.20. The molecule has 18 heavy (non-hydrogen) atoms. The monoisotopic (exact) mass is 253 g/mol. The Labute approximate surface area is 113 Å². The van der Waals surface area contributed by atoms with Crippen LogP contribution in [0.25, 0.3) is 0 Å². The van der Waals surface area contributed by atoms with Gasteiger partial charge in [0.1, 0.15) is 0 Å². The second-order valence-electron chi connectivity index (χ2n) is 6.58. The minimum Gasteiger partial charge on any atom is -0.374 e. The maximum atomic E-state index is 6.34. The van der Waals surface area contributed by atoms with E-state index in [1.165, 1.54) is 57.8 Å². The first kappa shape index (κ1) is 14.3. The van der Waals surface area contributed by atoms with E-state index < -0.39 is 0 Å². The lowest BCUT2D eigenvalue weighted by Crippen LogP contribution is -2.46. The van der Waals surface area contributed by atoms with Crippen molar-refractivity contribution in [2.45, 2.75) is 83.3 Å². The van der Waals surface area contributed by atoms with E-state index in [1.54, 1.807) is 0 Å². The molecule has 2 saturated carbocycles. The molecular formula is C16H31NO. The van der Waals surface area contributed by atoms with E-state index in [2.05, 4.69) is 19.2 Å². The van der Waals surface area contributed by atoms with Crippen LogP contribution in [0.2, 0.25) is 0 Å². The molecule has 0 aromatic rings. The third-order valence-corrected chi connectivity index (χ3v) is 4.63. The minimum absolute atomic E-state index is 0.169. The van der Waals surface area contributed by atoms with Crippen LogP contribution in [0, 0.1) is 5.92 Å². The van der Waals surface area contributed by atoms with Crippen molar-refractivity contribution in [2.24, 2.45) is 5.92 Å². The fraction of sp³-hybridized carbons (Fsp3) is 1.00. The molecule has 0 heterocycles. The van der Waals surface area contributed by atoms with Gasteiger partial charge in [-0.05, 0) is 50.9 Å². The van der Waals surface area contributed by atoms with Gasteiger partial charge in [-0.2, -0.15) is 0 Å². The van der Waals surface area contributed by atoms with Crippen LogP contribution in [0.15, 0.2) is 0 Å². The molecule has 2 fully saturated rings. The molecule has 0 aliphatic heterocycles. The van der Waals surface area contributed by atoms with Gasteiger partial charge in [-0.25, -0.2) is 0 Å². The summed E-state index contributed by atoms with van der Waals surface area (Å²) in [5.74, 6) is 0.901. The summed E-state index contributed by atoms with van der Waals surface area (Å²) in [4.78, 5) is 0. The zero-order valence-corrected chi connectivity index (χ0v) is 12.3. The van der Waals surface area contributed by atoms with Gasteiger partial charge in [-0.3, -0.25) is 0 Å². The van der Waals surface area contributed by atoms with Gasteiger partial charge in [0.05, 0.1) is 5.60 Å². The molecule has 2 heteroatoms. The van der Waals surface area contributed by atoms with Gasteiger partial charge in [-0.15, -0.1) is 0 Å². The normalized spacial score (nSPS) is 32.7. The van der Waals surface area contributed by atoms with Crippen molar-refractivity contribution in [1.29, 1.82) is 0 Å². The first-order valence-corrected chi connectivity index (χ1v) is 8.11. The summed E-state index contributed by atoms with van der Waals surface area (Å²) in [6.07, 6.45) is 11.8. The van der Waals surface area contributed by atoms with Gasteiger partial charge < -0.3 is 10.1 Å². The van der Waals surface area contributed by atoms with E-state index in [1.807, 2.05) is 0 Å². The molecule has 2 rings (SSSR count). The third-order valence-electron chi connectivity index (χ3n) is 4.63. The second kappa shape index (κ2) is 6.91. The van der Waals surface area contributed by atoms with Crippen LogP contribution in [0.5, 0.6) is 0 Å². The molecule has 106 valence electrons. The van der Waals surface area contributed by atoms with Gasteiger partial charge in [0, 0.05) is 19.2 Å². The quantitative estimate of drug-likeness (QED) is 0.663. The Balaban J connectivity index is 1.76. The summed E-state index contributed by atoms with van der Waals surface area (Å²) in [5.41, 5.74) is 0.169. The van der Waals surface area contributed by atoms with Crippen LogP contribution in [-0.2, 0) is 4.74 Å². The highest BCUT2D eigenvalue weighted by Crippen LogP contribution is 2.35. The van der Waals surface area contributed by atoms with Crippen molar-refractivity contribution in [1.82, 2.24) is 5.32 Å². The summed E-state index contributed by atoms with van der Waals surface area (Å²) >= 11 is 0. The van der Waals surface area contributed by atoms with Gasteiger partial charge in [-0.1, -0.05) is 26.7 Å². The standard InChI is InChI=1S/C16H31NO/c1-3-4-5-12-18-16(13-17-15-6-7-15)10-8-14(2)9-11-16/h14-15,17H,3-13H2,1-2H3. The number of ether oxygens (including phenoxy) is 1. The van der Waals surface area contributed by atoms with Crippen LogP contribution in [-0.4, -0.2) is 24.8 Å². The fourth-order valence-electron chi connectivity index (χ4n) is 2.92. The van der Waals surface area contributed by atoms with Crippen LogP contribution in [0.1, 0.15) is 71.6 Å². The van der Waals surface area contributed by atoms with Crippen molar-refractivity contribution >= 4 is 0 Å². The van der Waals surface area contributed by atoms with E-state index in [0.717, 1.165) is 25.1 Å². The lowest BCUT2D eigenvalue weighted by atomic mass is 9.79. The van der Waals surface area contributed by atoms with Crippen molar-refractivity contribution in [2.75, 3.05) is 13.2 Å². The average molecular weight is 253 g/mol. The Morgan fingerprint density at radius 2 is 1.83 bits per heavy atom. The van der Waals surface area contributed by atoms with Crippen molar-refractivity contribution in [3.8, 4) is 0 Å². The molecule has 0 atom stereocenters. The van der Waals surface area contributed by atoms with Gasteiger partial charge in [0.15, 0.2) is 0 Å². The molecule has 0 radical (unpaired) electrons. The first-order chi connectivity index (χ1) is 8.74. The number of nitrogens with one attached hydrogen (secondary N) is 1. The van der Waals surface area contributed by atoms with Crippen LogP contribution < -0.4 is 5.32 Å². The zero-order valence-electron chi connectivity index (χ0n) is 12.3. The number of hydrogen-bond donors (Lipinski definition) is 1. The molecule has 0 saturated heterocycles. The second-order valence-corrected chi connectivity index (χ2v) is 6.58. The number of rotatable bonds is 8. The molecule has 1 N–H and O–H groups in total. The zero-order chi connectivity index (χ0) is 12.8. The predicted octanol–water partition coefficient (Wildman–Crippen LogP) is 3.89. The third kappa shape index (κ3) is 4.55. The van der Waals surface area contributed by atoms with Crippen molar-refractivity contribution in [3.05, 3.63) is 0 Å². The summed E-state index contributed by atoms with van der Waals surface area (Å²) in [7, 11) is 0. The summed E-state index contributed by atoms with van der Waals surface area (Å²) in [6.45, 7) is 6.70. The van der Waals surface area contributed by atoms with E-state index in [4.69, 9.17) is 4.74 Å². The highest BCUT2D eigenvalue weighted by Gasteiger charge is 2.36. The molecule has 0 amide bonds. The largest absolute Gasteiger partial charge is 0.374 e. The lowest BCUT2D eigenvalue weighted by Gasteiger charge is -2.39. The maximum Gasteiger partial charge on any atom is 0.0806 e. The molecule has 2 aliphatic rings. The molecule has 2 aliphatic carbocycles. The van der Waals surface area contributed by atoms with Crippen molar-refractivity contribution < 1.29 is 4.74 Å².